The molecule has 2 saturated heterocycles. The molecule has 0 aromatic carbocycles. The largest absolute Gasteiger partial charge is 0.388 e. The number of amides is 2. The van der Waals surface area contributed by atoms with Crippen molar-refractivity contribution in [2.24, 2.45) is 5.92 Å². The van der Waals surface area contributed by atoms with Gasteiger partial charge in [-0.2, -0.15) is 5.10 Å². The third-order valence-electron chi connectivity index (χ3n) is 6.64. The molecule has 0 bridgehead atoms. The number of thiophene rings is 1. The van der Waals surface area contributed by atoms with Crippen LogP contribution >= 0.6 is 22.9 Å². The third kappa shape index (κ3) is 4.03. The molecule has 5 atom stereocenters. The van der Waals surface area contributed by atoms with E-state index in [1.165, 1.54) is 11.3 Å². The summed E-state index contributed by atoms with van der Waals surface area (Å²) in [6.07, 6.45) is 4.31. The number of hydrogen-bond donors (Lipinski definition) is 2. The number of carbonyl (C=O) groups is 2. The van der Waals surface area contributed by atoms with E-state index >= 15 is 0 Å². The number of alkyl halides is 1. The van der Waals surface area contributed by atoms with Gasteiger partial charge in [0.2, 0.25) is 5.91 Å². The average molecular weight is 477 g/mol. The molecule has 1 aliphatic carbocycles. The highest BCUT2D eigenvalue weighted by atomic mass is 35.5. The summed E-state index contributed by atoms with van der Waals surface area (Å²) in [7, 11) is 0. The smallest absolute Gasteiger partial charge is 0.262 e. The van der Waals surface area contributed by atoms with Crippen LogP contribution in [0.1, 0.15) is 35.4 Å². The first-order chi connectivity index (χ1) is 15.5. The van der Waals surface area contributed by atoms with Crippen molar-refractivity contribution in [1.82, 2.24) is 20.4 Å². The van der Waals surface area contributed by atoms with E-state index in [0.717, 1.165) is 30.6 Å². The molecule has 0 radical (unpaired) electrons. The first kappa shape index (κ1) is 21.8. The van der Waals surface area contributed by atoms with Gasteiger partial charge in [-0.1, -0.05) is 12.8 Å². The number of ether oxygens (including phenoxy) is 1. The maximum Gasteiger partial charge on any atom is 0.262 e. The number of carbonyl (C=O) groups excluding carboxylic acids is 2. The van der Waals surface area contributed by atoms with Gasteiger partial charge in [-0.15, -0.1) is 28.0 Å². The zero-order valence-corrected chi connectivity index (χ0v) is 19.0. The number of nitrogens with zero attached hydrogens (tertiary/aromatic N) is 3. The molecule has 10 heteroatoms. The van der Waals surface area contributed by atoms with Crippen molar-refractivity contribution in [3.05, 3.63) is 35.3 Å². The fourth-order valence-electron chi connectivity index (χ4n) is 5.07. The molecular weight excluding hydrogens is 452 g/mol. The second kappa shape index (κ2) is 9.05. The molecule has 1 saturated carbocycles. The molecule has 2 amide bonds. The van der Waals surface area contributed by atoms with Gasteiger partial charge in [-0.3, -0.25) is 9.59 Å². The Hall–Kier alpha value is -2.07. The summed E-state index contributed by atoms with van der Waals surface area (Å²) in [6.45, 7) is 0.477. The van der Waals surface area contributed by atoms with Crippen LogP contribution in [-0.4, -0.2) is 74.8 Å². The lowest BCUT2D eigenvalue weighted by Crippen LogP contribution is -2.55. The number of aliphatic hydroxyl groups excluding tert-OH is 1. The number of aromatic nitrogens is 2. The molecule has 0 spiro atoms. The monoisotopic (exact) mass is 476 g/mol. The molecule has 3 aliphatic rings. The quantitative estimate of drug-likeness (QED) is 0.640. The highest BCUT2D eigenvalue weighted by Gasteiger charge is 2.53. The van der Waals surface area contributed by atoms with Gasteiger partial charge >= 0.3 is 0 Å². The summed E-state index contributed by atoms with van der Waals surface area (Å²) in [5, 5.41) is 21.0. The van der Waals surface area contributed by atoms with E-state index in [0.29, 0.717) is 17.1 Å². The van der Waals surface area contributed by atoms with Crippen LogP contribution in [0.2, 0.25) is 0 Å². The molecule has 32 heavy (non-hydrogen) atoms. The van der Waals surface area contributed by atoms with Gasteiger partial charge in [-0.05, 0) is 43.0 Å². The van der Waals surface area contributed by atoms with E-state index in [2.05, 4.69) is 15.5 Å². The zero-order valence-electron chi connectivity index (χ0n) is 17.4. The van der Waals surface area contributed by atoms with E-state index in [1.807, 2.05) is 12.1 Å². The molecule has 3 fully saturated rings. The summed E-state index contributed by atoms with van der Waals surface area (Å²) in [4.78, 5) is 29.7. The minimum Gasteiger partial charge on any atom is -0.388 e. The Kier molecular flexibility index (Phi) is 6.16. The molecule has 170 valence electrons. The maximum atomic E-state index is 13.6. The molecule has 2 aromatic rings. The van der Waals surface area contributed by atoms with Gasteiger partial charge in [0, 0.05) is 12.7 Å². The van der Waals surface area contributed by atoms with Crippen molar-refractivity contribution in [3.8, 4) is 10.6 Å². The van der Waals surface area contributed by atoms with Crippen LogP contribution in [-0.2, 0) is 9.53 Å². The van der Waals surface area contributed by atoms with Crippen molar-refractivity contribution in [3.63, 3.8) is 0 Å². The van der Waals surface area contributed by atoms with Crippen LogP contribution in [0.15, 0.2) is 30.5 Å². The zero-order chi connectivity index (χ0) is 22.2. The fourth-order valence-corrected chi connectivity index (χ4v) is 6.32. The first-order valence-electron chi connectivity index (χ1n) is 11.0. The summed E-state index contributed by atoms with van der Waals surface area (Å²) < 4.78 is 5.61. The van der Waals surface area contributed by atoms with E-state index < -0.39 is 18.2 Å². The number of rotatable bonds is 5. The molecular formula is C22H25ClN4O4S. The van der Waals surface area contributed by atoms with Gasteiger partial charge in [0.1, 0.15) is 17.8 Å². The van der Waals surface area contributed by atoms with Crippen LogP contribution in [0.25, 0.3) is 10.6 Å². The Morgan fingerprint density at radius 1 is 1.28 bits per heavy atom. The highest BCUT2D eigenvalue weighted by molar-refractivity contribution is 7.17. The van der Waals surface area contributed by atoms with Crippen molar-refractivity contribution in [2.45, 2.75) is 55.4 Å². The molecule has 0 unspecified atom stereocenters. The predicted octanol–water partition coefficient (Wildman–Crippen LogP) is 2.07. The van der Waals surface area contributed by atoms with Crippen LogP contribution in [0, 0.1) is 5.92 Å². The third-order valence-corrected chi connectivity index (χ3v) is 8.13. The Labute approximate surface area is 194 Å². The number of aliphatic hydroxyl groups is 1. The molecule has 8 nitrogen and oxygen atoms in total. The second-order valence-electron chi connectivity index (χ2n) is 8.63. The van der Waals surface area contributed by atoms with Crippen molar-refractivity contribution < 1.29 is 19.4 Å². The van der Waals surface area contributed by atoms with Crippen LogP contribution in [0.3, 0.4) is 0 Å². The van der Waals surface area contributed by atoms with Crippen molar-refractivity contribution in [1.29, 1.82) is 0 Å². The molecule has 2 aromatic heterocycles. The van der Waals surface area contributed by atoms with E-state index in [1.54, 1.807) is 23.2 Å². The number of fused-ring (bicyclic) bond motifs is 1. The van der Waals surface area contributed by atoms with Gasteiger partial charge in [0.15, 0.2) is 0 Å². The van der Waals surface area contributed by atoms with Crippen molar-refractivity contribution in [2.75, 3.05) is 13.2 Å². The Morgan fingerprint density at radius 3 is 2.84 bits per heavy atom. The second-order valence-corrected chi connectivity index (χ2v) is 10.3. The van der Waals surface area contributed by atoms with Crippen LogP contribution < -0.4 is 5.32 Å². The summed E-state index contributed by atoms with van der Waals surface area (Å²) in [5.41, 5.74) is 0.700. The minimum atomic E-state index is -0.764. The van der Waals surface area contributed by atoms with Crippen LogP contribution in [0.4, 0.5) is 0 Å². The summed E-state index contributed by atoms with van der Waals surface area (Å²) >= 11 is 7.74. The summed E-state index contributed by atoms with van der Waals surface area (Å²) in [5.74, 6) is -0.395. The predicted molar refractivity (Wildman–Crippen MR) is 119 cm³/mol. The Morgan fingerprint density at radius 2 is 2.09 bits per heavy atom. The molecule has 2 aliphatic heterocycles. The Balaban J connectivity index is 1.35. The van der Waals surface area contributed by atoms with Crippen LogP contribution in [0.5, 0.6) is 0 Å². The lowest BCUT2D eigenvalue weighted by molar-refractivity contribution is -0.137. The Bertz CT molecular complexity index is 983. The van der Waals surface area contributed by atoms with Gasteiger partial charge in [0.25, 0.3) is 5.91 Å². The lowest BCUT2D eigenvalue weighted by Gasteiger charge is -2.32. The molecule has 4 heterocycles. The molecule has 5 rings (SSSR count). The van der Waals surface area contributed by atoms with Crippen molar-refractivity contribution >= 4 is 34.8 Å². The lowest BCUT2D eigenvalue weighted by atomic mass is 9.96. The highest BCUT2D eigenvalue weighted by Crippen LogP contribution is 2.36. The number of nitrogens with one attached hydrogen (secondary N) is 1. The van der Waals surface area contributed by atoms with E-state index in [9.17, 15) is 14.7 Å². The SMILES string of the molecule is O=C(N[C@H](C(=O)N1C[C@H](Cl)[C@H]2OC[C@H](O)[C@H]21)C1CCCC1)c1ccc(-c2cccnn2)s1. The average Bonchev–Trinajstić information content (AvgIpc) is 3.59. The normalized spacial score (nSPS) is 28.6. The number of halogens is 1. The molecule has 2 N–H and O–H groups in total. The standard InChI is InChI=1S/C22H25ClN4O4S/c23-13-10-27(19-15(28)11-31-20(13)19)22(30)18(12-4-1-2-5-12)25-21(29)17-8-7-16(32-17)14-6-3-9-24-26-14/h3,6-9,12-13,15,18-20,28H,1-2,4-5,10-11H2,(H,25,29)/t13-,15-,18-,19+,20+/m0/s1. The fraction of sp³-hybridized carbons (Fsp3) is 0.545. The topological polar surface area (TPSA) is 105 Å². The van der Waals surface area contributed by atoms with E-state index in [4.69, 9.17) is 16.3 Å². The van der Waals surface area contributed by atoms with E-state index in [-0.39, 0.29) is 35.8 Å². The number of likely N-dealkylation sites (tertiary alicyclic amines) is 1. The first-order valence-corrected chi connectivity index (χ1v) is 12.2. The number of hydrogen-bond acceptors (Lipinski definition) is 7. The van der Waals surface area contributed by atoms with Gasteiger partial charge < -0.3 is 20.1 Å². The van der Waals surface area contributed by atoms with Gasteiger partial charge in [-0.25, -0.2) is 0 Å². The minimum absolute atomic E-state index is 0.0677. The maximum absolute atomic E-state index is 13.6. The summed E-state index contributed by atoms with van der Waals surface area (Å²) in [6, 6.07) is 6.11. The van der Waals surface area contributed by atoms with Gasteiger partial charge in [0.05, 0.1) is 33.9 Å².